The lowest BCUT2D eigenvalue weighted by molar-refractivity contribution is 0.607. The highest BCUT2D eigenvalue weighted by Gasteiger charge is 2.01. The number of hydrogen-bond acceptors (Lipinski definition) is 3. The number of sulfonamides is 1. The molecule has 0 spiro atoms. The van der Waals surface area contributed by atoms with Gasteiger partial charge >= 0.3 is 0 Å². The van der Waals surface area contributed by atoms with Gasteiger partial charge in [0.15, 0.2) is 0 Å². The fourth-order valence-electron chi connectivity index (χ4n) is 1.71. The highest BCUT2D eigenvalue weighted by Crippen LogP contribution is 2.12. The lowest BCUT2D eigenvalue weighted by atomic mass is 10.1. The molecule has 0 saturated heterocycles. The van der Waals surface area contributed by atoms with Crippen molar-refractivity contribution in [2.45, 2.75) is 26.2 Å². The fraction of sp³-hybridized carbons (Fsp3) is 0.538. The first kappa shape index (κ1) is 15.0. The van der Waals surface area contributed by atoms with Gasteiger partial charge in [0, 0.05) is 5.69 Å². The van der Waals surface area contributed by atoms with E-state index in [2.05, 4.69) is 17.0 Å². The van der Waals surface area contributed by atoms with Gasteiger partial charge in [0.1, 0.15) is 0 Å². The molecule has 0 heterocycles. The van der Waals surface area contributed by atoms with Gasteiger partial charge in [-0.15, -0.1) is 0 Å². The Bertz CT molecular complexity index is 441. The first-order valence-corrected chi connectivity index (χ1v) is 8.18. The largest absolute Gasteiger partial charge is 0.317 e. The number of nitrogens with one attached hydrogen (secondary N) is 2. The molecule has 1 aromatic carbocycles. The van der Waals surface area contributed by atoms with Crippen LogP contribution in [-0.2, 0) is 16.4 Å². The zero-order valence-electron chi connectivity index (χ0n) is 11.1. The van der Waals surface area contributed by atoms with E-state index in [9.17, 15) is 8.42 Å². The summed E-state index contributed by atoms with van der Waals surface area (Å²) < 4.78 is 24.5. The Kier molecular flexibility index (Phi) is 6.15. The third-order valence-corrected chi connectivity index (χ3v) is 3.18. The van der Waals surface area contributed by atoms with Crippen LogP contribution < -0.4 is 10.0 Å². The number of hydrogen-bond donors (Lipinski definition) is 2. The van der Waals surface area contributed by atoms with E-state index in [0.717, 1.165) is 38.6 Å². The van der Waals surface area contributed by atoms with E-state index >= 15 is 0 Å². The molecular formula is C13H22N2O2S. The van der Waals surface area contributed by atoms with Crippen LogP contribution in [0.5, 0.6) is 0 Å². The second-order valence-corrected chi connectivity index (χ2v) is 6.13. The normalized spacial score (nSPS) is 11.4. The van der Waals surface area contributed by atoms with Crippen LogP contribution in [-0.4, -0.2) is 27.8 Å². The molecule has 102 valence electrons. The second kappa shape index (κ2) is 7.38. The Labute approximate surface area is 110 Å². The van der Waals surface area contributed by atoms with E-state index in [1.807, 2.05) is 12.1 Å². The number of rotatable bonds is 8. The molecule has 0 aliphatic rings. The predicted octanol–water partition coefficient (Wildman–Crippen LogP) is 1.99. The molecule has 1 aromatic rings. The molecule has 5 heteroatoms. The lowest BCUT2D eigenvalue weighted by Gasteiger charge is -2.06. The number of benzene rings is 1. The maximum Gasteiger partial charge on any atom is 0.229 e. The van der Waals surface area contributed by atoms with Crippen molar-refractivity contribution >= 4 is 15.7 Å². The summed E-state index contributed by atoms with van der Waals surface area (Å²) in [5.41, 5.74) is 1.86. The zero-order chi connectivity index (χ0) is 13.4. The van der Waals surface area contributed by atoms with Crippen molar-refractivity contribution < 1.29 is 8.42 Å². The summed E-state index contributed by atoms with van der Waals surface area (Å²) in [6, 6.07) is 7.56. The van der Waals surface area contributed by atoms with Crippen molar-refractivity contribution in [3.05, 3.63) is 29.8 Å². The van der Waals surface area contributed by atoms with Gasteiger partial charge in [0.05, 0.1) is 6.26 Å². The Morgan fingerprint density at radius 1 is 1.11 bits per heavy atom. The van der Waals surface area contributed by atoms with E-state index in [1.54, 1.807) is 12.1 Å². The van der Waals surface area contributed by atoms with E-state index in [-0.39, 0.29) is 0 Å². The van der Waals surface area contributed by atoms with Gasteiger partial charge in [0.25, 0.3) is 0 Å². The quantitative estimate of drug-likeness (QED) is 0.710. The van der Waals surface area contributed by atoms with Crippen molar-refractivity contribution in [1.29, 1.82) is 0 Å². The highest BCUT2D eigenvalue weighted by molar-refractivity contribution is 7.92. The SMILES string of the molecule is CCNCCCCc1ccc(NS(C)(=O)=O)cc1. The van der Waals surface area contributed by atoms with Crippen LogP contribution >= 0.6 is 0 Å². The molecule has 0 fully saturated rings. The number of aryl methyl sites for hydroxylation is 1. The molecule has 0 atom stereocenters. The van der Waals surface area contributed by atoms with Crippen molar-refractivity contribution in [1.82, 2.24) is 5.32 Å². The predicted molar refractivity (Wildman–Crippen MR) is 76.4 cm³/mol. The third kappa shape index (κ3) is 6.61. The maximum absolute atomic E-state index is 11.0. The summed E-state index contributed by atoms with van der Waals surface area (Å²) >= 11 is 0. The Balaban J connectivity index is 2.36. The number of unbranched alkanes of at least 4 members (excludes halogenated alkanes) is 1. The fourth-order valence-corrected chi connectivity index (χ4v) is 2.27. The summed E-state index contributed by atoms with van der Waals surface area (Å²) in [6.45, 7) is 4.18. The minimum absolute atomic E-state index is 0.619. The zero-order valence-corrected chi connectivity index (χ0v) is 11.9. The molecule has 0 unspecified atom stereocenters. The van der Waals surface area contributed by atoms with Crippen LogP contribution in [0.3, 0.4) is 0 Å². The van der Waals surface area contributed by atoms with Crippen molar-refractivity contribution in [2.24, 2.45) is 0 Å². The molecule has 18 heavy (non-hydrogen) atoms. The summed E-state index contributed by atoms with van der Waals surface area (Å²) in [5, 5.41) is 3.29. The Morgan fingerprint density at radius 3 is 2.33 bits per heavy atom. The van der Waals surface area contributed by atoms with Crippen LogP contribution in [0.1, 0.15) is 25.3 Å². The highest BCUT2D eigenvalue weighted by atomic mass is 32.2. The molecule has 0 aliphatic heterocycles. The van der Waals surface area contributed by atoms with E-state index in [4.69, 9.17) is 0 Å². The lowest BCUT2D eigenvalue weighted by Crippen LogP contribution is -2.13. The van der Waals surface area contributed by atoms with Gasteiger partial charge in [-0.05, 0) is 50.0 Å². The minimum atomic E-state index is -3.18. The topological polar surface area (TPSA) is 58.2 Å². The van der Waals surface area contributed by atoms with Crippen LogP contribution in [0.4, 0.5) is 5.69 Å². The van der Waals surface area contributed by atoms with Crippen LogP contribution in [0.25, 0.3) is 0 Å². The van der Waals surface area contributed by atoms with Crippen molar-refractivity contribution in [3.63, 3.8) is 0 Å². The molecule has 0 amide bonds. The molecule has 2 N–H and O–H groups in total. The molecule has 0 saturated carbocycles. The molecule has 0 aromatic heterocycles. The van der Waals surface area contributed by atoms with Crippen molar-refractivity contribution in [2.75, 3.05) is 24.1 Å². The average molecular weight is 270 g/mol. The molecule has 0 bridgehead atoms. The first-order valence-electron chi connectivity index (χ1n) is 6.28. The van der Waals surface area contributed by atoms with Gasteiger partial charge in [-0.3, -0.25) is 4.72 Å². The standard InChI is InChI=1S/C13H22N2O2S/c1-3-14-11-5-4-6-12-7-9-13(10-8-12)15-18(2,16)17/h7-10,14-15H,3-6,11H2,1-2H3. The van der Waals surface area contributed by atoms with Crippen LogP contribution in [0.15, 0.2) is 24.3 Å². The summed E-state index contributed by atoms with van der Waals surface area (Å²) in [5.74, 6) is 0. The van der Waals surface area contributed by atoms with E-state index in [0.29, 0.717) is 5.69 Å². The van der Waals surface area contributed by atoms with Gasteiger partial charge in [-0.2, -0.15) is 0 Å². The van der Waals surface area contributed by atoms with Gasteiger partial charge < -0.3 is 5.32 Å². The Morgan fingerprint density at radius 2 is 1.78 bits per heavy atom. The maximum atomic E-state index is 11.0. The molecule has 4 nitrogen and oxygen atoms in total. The monoisotopic (exact) mass is 270 g/mol. The van der Waals surface area contributed by atoms with Crippen LogP contribution in [0.2, 0.25) is 0 Å². The summed E-state index contributed by atoms with van der Waals surface area (Å²) in [6.07, 6.45) is 4.50. The first-order chi connectivity index (χ1) is 8.51. The molecular weight excluding hydrogens is 248 g/mol. The van der Waals surface area contributed by atoms with Gasteiger partial charge in [-0.1, -0.05) is 19.1 Å². The van der Waals surface area contributed by atoms with Crippen LogP contribution in [0, 0.1) is 0 Å². The molecule has 0 aliphatic carbocycles. The third-order valence-electron chi connectivity index (χ3n) is 2.58. The Hall–Kier alpha value is -1.07. The van der Waals surface area contributed by atoms with Crippen molar-refractivity contribution in [3.8, 4) is 0 Å². The minimum Gasteiger partial charge on any atom is -0.317 e. The van der Waals surface area contributed by atoms with Gasteiger partial charge in [-0.25, -0.2) is 8.42 Å². The van der Waals surface area contributed by atoms with E-state index < -0.39 is 10.0 Å². The molecule has 1 rings (SSSR count). The summed E-state index contributed by atoms with van der Waals surface area (Å²) in [4.78, 5) is 0. The average Bonchev–Trinajstić information content (AvgIpc) is 2.29. The van der Waals surface area contributed by atoms with E-state index in [1.165, 1.54) is 5.56 Å². The number of anilines is 1. The smallest absolute Gasteiger partial charge is 0.229 e. The molecule has 0 radical (unpaired) electrons. The summed E-state index contributed by atoms with van der Waals surface area (Å²) in [7, 11) is -3.18. The van der Waals surface area contributed by atoms with Gasteiger partial charge in [0.2, 0.25) is 10.0 Å². The second-order valence-electron chi connectivity index (χ2n) is 4.38.